The lowest BCUT2D eigenvalue weighted by atomic mass is 10.00. The SMILES string of the molecule is NC(=O)C(c1ccccc1)N1CCC(OCC2CCCCO2)CC1. The normalized spacial score (nSPS) is 24.6. The van der Waals surface area contributed by atoms with E-state index in [9.17, 15) is 4.79 Å². The number of amides is 1. The Labute approximate surface area is 144 Å². The van der Waals surface area contributed by atoms with E-state index in [0.29, 0.717) is 6.61 Å². The zero-order valence-corrected chi connectivity index (χ0v) is 14.2. The summed E-state index contributed by atoms with van der Waals surface area (Å²) < 4.78 is 11.8. The standard InChI is InChI=1S/C19H28N2O3/c20-19(22)18(15-6-2-1-3-7-15)21-11-9-16(10-12-21)24-14-17-8-4-5-13-23-17/h1-3,6-7,16-18H,4-5,8-14H2,(H2,20,22). The van der Waals surface area contributed by atoms with Crippen molar-refractivity contribution < 1.29 is 14.3 Å². The Morgan fingerprint density at radius 3 is 2.58 bits per heavy atom. The van der Waals surface area contributed by atoms with Gasteiger partial charge in [0.05, 0.1) is 18.8 Å². The summed E-state index contributed by atoms with van der Waals surface area (Å²) in [6.07, 6.45) is 5.91. The van der Waals surface area contributed by atoms with E-state index in [2.05, 4.69) is 4.90 Å². The number of piperidine rings is 1. The summed E-state index contributed by atoms with van der Waals surface area (Å²) in [5, 5.41) is 0. The third-order valence-corrected chi connectivity index (χ3v) is 5.02. The van der Waals surface area contributed by atoms with Gasteiger partial charge in [-0.25, -0.2) is 0 Å². The van der Waals surface area contributed by atoms with Gasteiger partial charge < -0.3 is 15.2 Å². The lowest BCUT2D eigenvalue weighted by Gasteiger charge is -2.36. The largest absolute Gasteiger partial charge is 0.376 e. The van der Waals surface area contributed by atoms with E-state index in [0.717, 1.165) is 44.5 Å². The third-order valence-electron chi connectivity index (χ3n) is 5.02. The lowest BCUT2D eigenvalue weighted by molar-refractivity contribution is -0.125. The summed E-state index contributed by atoms with van der Waals surface area (Å²) in [6.45, 7) is 3.23. The van der Waals surface area contributed by atoms with Gasteiger partial charge >= 0.3 is 0 Å². The van der Waals surface area contributed by atoms with Gasteiger partial charge in [0.15, 0.2) is 0 Å². The molecule has 2 fully saturated rings. The zero-order chi connectivity index (χ0) is 16.8. The minimum atomic E-state index is -0.339. The number of likely N-dealkylation sites (tertiary alicyclic amines) is 1. The van der Waals surface area contributed by atoms with Gasteiger partial charge in [0.25, 0.3) is 0 Å². The smallest absolute Gasteiger partial charge is 0.239 e. The Kier molecular flexibility index (Phi) is 6.24. The first-order valence-corrected chi connectivity index (χ1v) is 9.05. The summed E-state index contributed by atoms with van der Waals surface area (Å²) in [5.74, 6) is -0.281. The van der Waals surface area contributed by atoms with Crippen molar-refractivity contribution in [3.8, 4) is 0 Å². The first-order valence-electron chi connectivity index (χ1n) is 9.05. The van der Waals surface area contributed by atoms with Crippen molar-refractivity contribution in [1.29, 1.82) is 0 Å². The number of rotatable bonds is 6. The van der Waals surface area contributed by atoms with Crippen LogP contribution in [0.3, 0.4) is 0 Å². The first-order chi connectivity index (χ1) is 11.7. The van der Waals surface area contributed by atoms with E-state index in [1.807, 2.05) is 30.3 Å². The van der Waals surface area contributed by atoms with Crippen LogP contribution >= 0.6 is 0 Å². The van der Waals surface area contributed by atoms with Crippen molar-refractivity contribution in [1.82, 2.24) is 4.90 Å². The molecular formula is C19H28N2O3. The topological polar surface area (TPSA) is 64.8 Å². The molecule has 0 bridgehead atoms. The second-order valence-electron chi connectivity index (χ2n) is 6.77. The molecule has 0 aliphatic carbocycles. The van der Waals surface area contributed by atoms with Crippen molar-refractivity contribution in [2.45, 2.75) is 50.4 Å². The molecule has 1 aromatic carbocycles. The fourth-order valence-electron chi connectivity index (χ4n) is 3.67. The summed E-state index contributed by atoms with van der Waals surface area (Å²) in [7, 11) is 0. The van der Waals surface area contributed by atoms with Gasteiger partial charge in [0, 0.05) is 19.7 Å². The number of hydrogen-bond donors (Lipinski definition) is 1. The molecule has 24 heavy (non-hydrogen) atoms. The van der Waals surface area contributed by atoms with E-state index < -0.39 is 0 Å². The van der Waals surface area contributed by atoms with E-state index in [1.54, 1.807) is 0 Å². The number of carbonyl (C=O) groups is 1. The molecule has 2 saturated heterocycles. The summed E-state index contributed by atoms with van der Waals surface area (Å²) in [5.41, 5.74) is 6.63. The predicted molar refractivity (Wildman–Crippen MR) is 92.5 cm³/mol. The molecule has 1 aromatic rings. The van der Waals surface area contributed by atoms with E-state index in [4.69, 9.17) is 15.2 Å². The van der Waals surface area contributed by atoms with Crippen LogP contribution in [0.5, 0.6) is 0 Å². The molecule has 2 heterocycles. The molecule has 5 nitrogen and oxygen atoms in total. The molecule has 0 radical (unpaired) electrons. The van der Waals surface area contributed by atoms with Crippen LogP contribution in [-0.4, -0.2) is 49.3 Å². The molecule has 2 atom stereocenters. The Morgan fingerprint density at radius 2 is 1.96 bits per heavy atom. The Balaban J connectivity index is 1.49. The number of hydrogen-bond acceptors (Lipinski definition) is 4. The Bertz CT molecular complexity index is 509. The second kappa shape index (κ2) is 8.60. The zero-order valence-electron chi connectivity index (χ0n) is 14.2. The molecule has 0 spiro atoms. The first kappa shape index (κ1) is 17.4. The average molecular weight is 332 g/mol. The van der Waals surface area contributed by atoms with Crippen LogP contribution in [0.4, 0.5) is 0 Å². The number of nitrogens with two attached hydrogens (primary N) is 1. The van der Waals surface area contributed by atoms with Crippen molar-refractivity contribution in [2.75, 3.05) is 26.3 Å². The quantitative estimate of drug-likeness (QED) is 0.868. The second-order valence-corrected chi connectivity index (χ2v) is 6.77. The van der Waals surface area contributed by atoms with E-state index in [-0.39, 0.29) is 24.2 Å². The van der Waals surface area contributed by atoms with Gasteiger partial charge in [-0.1, -0.05) is 30.3 Å². The van der Waals surface area contributed by atoms with Gasteiger partial charge in [-0.2, -0.15) is 0 Å². The molecule has 0 saturated carbocycles. The van der Waals surface area contributed by atoms with Gasteiger partial charge in [0.1, 0.15) is 6.04 Å². The van der Waals surface area contributed by atoms with Crippen LogP contribution in [0.1, 0.15) is 43.7 Å². The van der Waals surface area contributed by atoms with Crippen molar-refractivity contribution in [3.05, 3.63) is 35.9 Å². The van der Waals surface area contributed by atoms with E-state index in [1.165, 1.54) is 12.8 Å². The van der Waals surface area contributed by atoms with Crippen molar-refractivity contribution >= 4 is 5.91 Å². The minimum Gasteiger partial charge on any atom is -0.376 e. The van der Waals surface area contributed by atoms with Crippen LogP contribution in [0.15, 0.2) is 30.3 Å². The number of ether oxygens (including phenoxy) is 2. The number of nitrogens with zero attached hydrogens (tertiary/aromatic N) is 1. The Hall–Kier alpha value is -1.43. The summed E-state index contributed by atoms with van der Waals surface area (Å²) in [4.78, 5) is 14.1. The van der Waals surface area contributed by atoms with Crippen LogP contribution in [0, 0.1) is 0 Å². The molecule has 0 aromatic heterocycles. The van der Waals surface area contributed by atoms with E-state index >= 15 is 0 Å². The highest BCUT2D eigenvalue weighted by Crippen LogP contribution is 2.26. The predicted octanol–water partition coefficient (Wildman–Crippen LogP) is 2.26. The maximum absolute atomic E-state index is 11.9. The maximum atomic E-state index is 11.9. The summed E-state index contributed by atoms with van der Waals surface area (Å²) in [6, 6.07) is 9.46. The number of carbonyl (C=O) groups excluding carboxylic acids is 1. The molecular weight excluding hydrogens is 304 g/mol. The fourth-order valence-corrected chi connectivity index (χ4v) is 3.67. The van der Waals surface area contributed by atoms with Crippen LogP contribution < -0.4 is 5.73 Å². The monoisotopic (exact) mass is 332 g/mol. The van der Waals surface area contributed by atoms with Crippen molar-refractivity contribution in [2.24, 2.45) is 5.73 Å². The van der Waals surface area contributed by atoms with Gasteiger partial charge in [-0.3, -0.25) is 9.69 Å². The minimum absolute atomic E-state index is 0.260. The number of primary amides is 1. The van der Waals surface area contributed by atoms with Gasteiger partial charge in [0.2, 0.25) is 5.91 Å². The molecule has 1 amide bonds. The number of benzene rings is 1. The molecule has 132 valence electrons. The molecule has 5 heteroatoms. The lowest BCUT2D eigenvalue weighted by Crippen LogP contribution is -2.44. The molecule has 2 aliphatic heterocycles. The fraction of sp³-hybridized carbons (Fsp3) is 0.632. The molecule has 2 N–H and O–H groups in total. The van der Waals surface area contributed by atoms with Gasteiger partial charge in [-0.15, -0.1) is 0 Å². The van der Waals surface area contributed by atoms with Crippen LogP contribution in [0.2, 0.25) is 0 Å². The Morgan fingerprint density at radius 1 is 1.21 bits per heavy atom. The molecule has 2 unspecified atom stereocenters. The highest BCUT2D eigenvalue weighted by molar-refractivity contribution is 5.81. The highest BCUT2D eigenvalue weighted by atomic mass is 16.5. The van der Waals surface area contributed by atoms with Gasteiger partial charge in [-0.05, 0) is 37.7 Å². The average Bonchev–Trinajstić information content (AvgIpc) is 2.63. The van der Waals surface area contributed by atoms with Crippen LogP contribution in [-0.2, 0) is 14.3 Å². The molecule has 3 rings (SSSR count). The molecule has 2 aliphatic rings. The van der Waals surface area contributed by atoms with Crippen molar-refractivity contribution in [3.63, 3.8) is 0 Å². The third kappa shape index (κ3) is 4.56. The maximum Gasteiger partial charge on any atom is 0.239 e. The van der Waals surface area contributed by atoms with Crippen LogP contribution in [0.25, 0.3) is 0 Å². The summed E-state index contributed by atoms with van der Waals surface area (Å²) >= 11 is 0. The highest BCUT2D eigenvalue weighted by Gasteiger charge is 2.30.